The van der Waals surface area contributed by atoms with Crippen molar-refractivity contribution in [3.63, 3.8) is 0 Å². The quantitative estimate of drug-likeness (QED) is 0.723. The van der Waals surface area contributed by atoms with Gasteiger partial charge in [0.15, 0.2) is 0 Å². The van der Waals surface area contributed by atoms with Crippen molar-refractivity contribution in [1.29, 1.82) is 0 Å². The molecule has 0 aromatic carbocycles. The SMILES string of the molecule is CN1CCC2C1=CC1=C(OCCC1)C21CCNCC1. The van der Waals surface area contributed by atoms with Crippen LogP contribution in [-0.4, -0.2) is 38.2 Å². The van der Waals surface area contributed by atoms with Crippen LogP contribution < -0.4 is 5.32 Å². The number of nitrogens with one attached hydrogen (secondary N) is 1. The molecule has 1 atom stereocenters. The molecular weight excluding hydrogens is 236 g/mol. The first kappa shape index (κ1) is 11.8. The lowest BCUT2D eigenvalue weighted by Gasteiger charge is -2.48. The van der Waals surface area contributed by atoms with Gasteiger partial charge in [0.2, 0.25) is 0 Å². The van der Waals surface area contributed by atoms with Crippen LogP contribution in [0.4, 0.5) is 0 Å². The summed E-state index contributed by atoms with van der Waals surface area (Å²) >= 11 is 0. The molecule has 0 aromatic heterocycles. The third kappa shape index (κ3) is 1.60. The standard InChI is InChI=1S/C16H24N2O/c1-18-9-4-13-14(18)11-12-3-2-10-19-15(12)16(13)5-7-17-8-6-16/h11,13,17H,2-10H2,1H3. The van der Waals surface area contributed by atoms with E-state index < -0.39 is 0 Å². The molecule has 1 unspecified atom stereocenters. The van der Waals surface area contributed by atoms with Gasteiger partial charge in [0.1, 0.15) is 5.76 Å². The maximum Gasteiger partial charge on any atom is 0.106 e. The average molecular weight is 260 g/mol. The number of fused-ring (bicyclic) bond motifs is 3. The van der Waals surface area contributed by atoms with E-state index >= 15 is 0 Å². The Morgan fingerprint density at radius 1 is 1.37 bits per heavy atom. The van der Waals surface area contributed by atoms with Gasteiger partial charge in [-0.2, -0.15) is 0 Å². The molecule has 1 spiro atoms. The second-order valence-corrected chi connectivity index (χ2v) is 6.54. The summed E-state index contributed by atoms with van der Waals surface area (Å²) in [6.07, 6.45) is 8.67. The topological polar surface area (TPSA) is 24.5 Å². The molecule has 3 nitrogen and oxygen atoms in total. The smallest absolute Gasteiger partial charge is 0.106 e. The monoisotopic (exact) mass is 260 g/mol. The number of ether oxygens (including phenoxy) is 1. The van der Waals surface area contributed by atoms with Crippen molar-refractivity contribution in [1.82, 2.24) is 10.2 Å². The van der Waals surface area contributed by atoms with Crippen molar-refractivity contribution in [3.8, 4) is 0 Å². The van der Waals surface area contributed by atoms with E-state index in [0.29, 0.717) is 11.3 Å². The van der Waals surface area contributed by atoms with Crippen molar-refractivity contribution < 1.29 is 4.74 Å². The fourth-order valence-electron chi connectivity index (χ4n) is 4.67. The van der Waals surface area contributed by atoms with E-state index in [0.717, 1.165) is 19.7 Å². The molecule has 1 N–H and O–H groups in total. The van der Waals surface area contributed by atoms with E-state index in [1.807, 2.05) is 0 Å². The van der Waals surface area contributed by atoms with Crippen molar-refractivity contribution in [2.24, 2.45) is 11.3 Å². The number of nitrogens with zero attached hydrogens (tertiary/aromatic N) is 1. The van der Waals surface area contributed by atoms with Gasteiger partial charge in [-0.15, -0.1) is 0 Å². The number of piperidine rings is 1. The number of likely N-dealkylation sites (tertiary alicyclic amines) is 1. The summed E-state index contributed by atoms with van der Waals surface area (Å²) in [5.41, 5.74) is 3.41. The first-order valence-electron chi connectivity index (χ1n) is 7.81. The van der Waals surface area contributed by atoms with Crippen LogP contribution in [0.25, 0.3) is 0 Å². The van der Waals surface area contributed by atoms with Crippen molar-refractivity contribution in [2.45, 2.75) is 32.1 Å². The Balaban J connectivity index is 1.82. The second-order valence-electron chi connectivity index (χ2n) is 6.54. The van der Waals surface area contributed by atoms with Crippen LogP contribution in [0.15, 0.2) is 23.1 Å². The van der Waals surface area contributed by atoms with Gasteiger partial charge < -0.3 is 15.0 Å². The van der Waals surface area contributed by atoms with Crippen LogP contribution in [0.5, 0.6) is 0 Å². The first-order valence-corrected chi connectivity index (χ1v) is 7.81. The number of rotatable bonds is 0. The molecule has 0 saturated carbocycles. The lowest BCUT2D eigenvalue weighted by atomic mass is 9.62. The molecule has 2 saturated heterocycles. The predicted molar refractivity (Wildman–Crippen MR) is 75.6 cm³/mol. The molecule has 0 radical (unpaired) electrons. The minimum Gasteiger partial charge on any atom is -0.497 e. The maximum atomic E-state index is 6.21. The summed E-state index contributed by atoms with van der Waals surface area (Å²) in [6.45, 7) is 4.44. The van der Waals surface area contributed by atoms with E-state index in [-0.39, 0.29) is 0 Å². The van der Waals surface area contributed by atoms with Gasteiger partial charge >= 0.3 is 0 Å². The Morgan fingerprint density at radius 3 is 3.05 bits per heavy atom. The molecule has 19 heavy (non-hydrogen) atoms. The molecule has 1 aliphatic carbocycles. The van der Waals surface area contributed by atoms with E-state index in [1.165, 1.54) is 50.0 Å². The summed E-state index contributed by atoms with van der Waals surface area (Å²) in [7, 11) is 2.26. The molecule has 3 heteroatoms. The van der Waals surface area contributed by atoms with Gasteiger partial charge in [-0.1, -0.05) is 0 Å². The maximum absolute atomic E-state index is 6.21. The molecule has 0 aromatic rings. The van der Waals surface area contributed by atoms with Gasteiger partial charge in [0.25, 0.3) is 0 Å². The number of hydrogen-bond acceptors (Lipinski definition) is 3. The predicted octanol–water partition coefficient (Wildman–Crippen LogP) is 2.27. The highest BCUT2D eigenvalue weighted by molar-refractivity contribution is 5.40. The van der Waals surface area contributed by atoms with Gasteiger partial charge in [-0.3, -0.25) is 0 Å². The van der Waals surface area contributed by atoms with E-state index in [2.05, 4.69) is 23.3 Å². The molecule has 2 fully saturated rings. The van der Waals surface area contributed by atoms with Crippen LogP contribution in [0, 0.1) is 11.3 Å². The largest absolute Gasteiger partial charge is 0.497 e. The molecular formula is C16H24N2O. The zero-order valence-corrected chi connectivity index (χ0v) is 11.9. The fourth-order valence-corrected chi connectivity index (χ4v) is 4.67. The normalized spacial score (nSPS) is 32.8. The summed E-state index contributed by atoms with van der Waals surface area (Å²) < 4.78 is 6.21. The van der Waals surface area contributed by atoms with Gasteiger partial charge in [-0.25, -0.2) is 0 Å². The van der Waals surface area contributed by atoms with Crippen LogP contribution in [0.3, 0.4) is 0 Å². The highest BCUT2D eigenvalue weighted by Crippen LogP contribution is 2.56. The fraction of sp³-hybridized carbons (Fsp3) is 0.750. The lowest BCUT2D eigenvalue weighted by molar-refractivity contribution is 0.0482. The molecule has 4 rings (SSSR count). The Bertz CT molecular complexity index is 446. The number of hydrogen-bond donors (Lipinski definition) is 1. The van der Waals surface area contributed by atoms with Crippen LogP contribution in [0.2, 0.25) is 0 Å². The first-order chi connectivity index (χ1) is 9.31. The third-order valence-electron chi connectivity index (χ3n) is 5.62. The molecule has 0 amide bonds. The number of allylic oxidation sites excluding steroid dienone is 4. The summed E-state index contributed by atoms with van der Waals surface area (Å²) in [4.78, 5) is 2.48. The van der Waals surface area contributed by atoms with Gasteiger partial charge in [0, 0.05) is 30.6 Å². The van der Waals surface area contributed by atoms with Gasteiger partial charge in [0.05, 0.1) is 6.61 Å². The van der Waals surface area contributed by atoms with Crippen molar-refractivity contribution >= 4 is 0 Å². The van der Waals surface area contributed by atoms with Crippen LogP contribution >= 0.6 is 0 Å². The molecule has 3 heterocycles. The van der Waals surface area contributed by atoms with E-state index in [4.69, 9.17) is 4.74 Å². The highest BCUT2D eigenvalue weighted by Gasteiger charge is 2.51. The lowest BCUT2D eigenvalue weighted by Crippen LogP contribution is -2.46. The van der Waals surface area contributed by atoms with Gasteiger partial charge in [-0.05, 0) is 56.8 Å². The van der Waals surface area contributed by atoms with E-state index in [9.17, 15) is 0 Å². The van der Waals surface area contributed by atoms with E-state index in [1.54, 1.807) is 5.70 Å². The third-order valence-corrected chi connectivity index (χ3v) is 5.62. The minimum atomic E-state index is 0.315. The zero-order valence-electron chi connectivity index (χ0n) is 11.9. The Labute approximate surface area is 115 Å². The summed E-state index contributed by atoms with van der Waals surface area (Å²) in [6, 6.07) is 0. The average Bonchev–Trinajstić information content (AvgIpc) is 2.83. The van der Waals surface area contributed by atoms with Crippen molar-refractivity contribution in [2.75, 3.05) is 33.3 Å². The Kier molecular flexibility index (Phi) is 2.66. The second kappa shape index (κ2) is 4.27. The van der Waals surface area contributed by atoms with Crippen molar-refractivity contribution in [3.05, 3.63) is 23.1 Å². The molecule has 4 aliphatic rings. The summed E-state index contributed by atoms with van der Waals surface area (Å²) in [5, 5.41) is 3.53. The van der Waals surface area contributed by atoms with Crippen LogP contribution in [-0.2, 0) is 4.74 Å². The Morgan fingerprint density at radius 2 is 2.21 bits per heavy atom. The summed E-state index contributed by atoms with van der Waals surface area (Å²) in [5.74, 6) is 2.08. The molecule has 3 aliphatic heterocycles. The zero-order chi connectivity index (χ0) is 12.9. The van der Waals surface area contributed by atoms with Crippen LogP contribution in [0.1, 0.15) is 32.1 Å². The minimum absolute atomic E-state index is 0.315. The molecule has 0 bridgehead atoms. The highest BCUT2D eigenvalue weighted by atomic mass is 16.5. The Hall–Kier alpha value is -0.960. The molecule has 104 valence electrons.